The first-order chi connectivity index (χ1) is 21.7. The molecule has 0 spiro atoms. The molecule has 0 aromatic heterocycles. The molecule has 4 aromatic carbocycles. The minimum atomic E-state index is 0.151. The normalized spacial score (nSPS) is 19.5. The lowest BCUT2D eigenvalue weighted by Gasteiger charge is -2.39. The van der Waals surface area contributed by atoms with Crippen molar-refractivity contribution in [2.45, 2.75) is 126 Å². The predicted octanol–water partition coefficient (Wildman–Crippen LogP) is 12.2. The fourth-order valence-corrected chi connectivity index (χ4v) is 8.94. The summed E-state index contributed by atoms with van der Waals surface area (Å²) in [5.74, 6) is 1.57. The Hall–Kier alpha value is -3.12. The average Bonchev–Trinajstić information content (AvgIpc) is 3.11. The second-order valence-corrected chi connectivity index (χ2v) is 14.5. The lowest BCUT2D eigenvalue weighted by atomic mass is 9.65. The lowest BCUT2D eigenvalue weighted by molar-refractivity contribution is 0.346. The molecule has 0 amide bonds. The minimum Gasteiger partial charge on any atom is -0.0585 e. The summed E-state index contributed by atoms with van der Waals surface area (Å²) in [5, 5.41) is 0. The third-order valence-electron chi connectivity index (χ3n) is 11.6. The fourth-order valence-electron chi connectivity index (χ4n) is 8.94. The summed E-state index contributed by atoms with van der Waals surface area (Å²) in [6.45, 7) is 0. The van der Waals surface area contributed by atoms with Gasteiger partial charge in [0.1, 0.15) is 0 Å². The van der Waals surface area contributed by atoms with Crippen LogP contribution >= 0.6 is 0 Å². The van der Waals surface area contributed by atoms with Crippen molar-refractivity contribution in [1.29, 1.82) is 0 Å². The topological polar surface area (TPSA) is 0 Å². The monoisotopic (exact) mass is 580 g/mol. The molecule has 4 aromatic rings. The first kappa shape index (κ1) is 29.6. The molecule has 0 bridgehead atoms. The number of benzene rings is 4. The van der Waals surface area contributed by atoms with Gasteiger partial charge in [0, 0.05) is 5.41 Å². The molecule has 44 heavy (non-hydrogen) atoms. The lowest BCUT2D eigenvalue weighted by Crippen LogP contribution is -2.30. The Morgan fingerprint density at radius 3 is 1.05 bits per heavy atom. The van der Waals surface area contributed by atoms with E-state index < -0.39 is 0 Å². The predicted molar refractivity (Wildman–Crippen MR) is 187 cm³/mol. The maximum atomic E-state index is 2.46. The Bertz CT molecular complexity index is 1330. The van der Waals surface area contributed by atoms with E-state index in [4.69, 9.17) is 0 Å². The maximum Gasteiger partial charge on any atom is 0.0202 e. The standard InChI is InChI=1S/C44H52/c1-4-10-38(11-5-1)40-22-14-34(15-23-40)32-36-18-26-42(27-19-36)44(30-8-3-9-31-44)43-28-20-37(21-29-43)33-35-16-24-41(25-17-35)39-12-6-2-7-13-39/h14-29,38-39H,1-13,30-33H2. The first-order valence-corrected chi connectivity index (χ1v) is 18.1. The molecule has 3 aliphatic rings. The molecule has 0 heterocycles. The SMILES string of the molecule is c1cc(C2CCCCC2)ccc1Cc1ccc(C2(c3ccc(Cc4ccc(C5CCCCC5)cc4)cc3)CCCCC2)cc1. The maximum absolute atomic E-state index is 2.46. The van der Waals surface area contributed by atoms with Crippen LogP contribution in [0.25, 0.3) is 0 Å². The molecule has 0 N–H and O–H groups in total. The zero-order chi connectivity index (χ0) is 29.6. The molecule has 3 fully saturated rings. The largest absolute Gasteiger partial charge is 0.0585 e. The first-order valence-electron chi connectivity index (χ1n) is 18.1. The van der Waals surface area contributed by atoms with Crippen molar-refractivity contribution in [3.05, 3.63) is 142 Å². The average molecular weight is 581 g/mol. The second-order valence-electron chi connectivity index (χ2n) is 14.5. The summed E-state index contributed by atoms with van der Waals surface area (Å²) in [6.07, 6.45) is 22.5. The van der Waals surface area contributed by atoms with Gasteiger partial charge in [-0.2, -0.15) is 0 Å². The quantitative estimate of drug-likeness (QED) is 0.194. The van der Waals surface area contributed by atoms with E-state index in [1.54, 1.807) is 11.1 Å². The van der Waals surface area contributed by atoms with Crippen LogP contribution in [0.2, 0.25) is 0 Å². The number of hydrogen-bond acceptors (Lipinski definition) is 0. The van der Waals surface area contributed by atoms with E-state index >= 15 is 0 Å². The van der Waals surface area contributed by atoms with Gasteiger partial charge in [-0.05, 0) is 108 Å². The molecule has 3 saturated carbocycles. The van der Waals surface area contributed by atoms with Crippen molar-refractivity contribution in [3.63, 3.8) is 0 Å². The van der Waals surface area contributed by atoms with Crippen LogP contribution in [0.1, 0.15) is 153 Å². The third kappa shape index (κ3) is 6.75. The molecular weight excluding hydrogens is 528 g/mol. The van der Waals surface area contributed by atoms with Crippen molar-refractivity contribution in [2.75, 3.05) is 0 Å². The molecule has 0 radical (unpaired) electrons. The van der Waals surface area contributed by atoms with Gasteiger partial charge < -0.3 is 0 Å². The Morgan fingerprint density at radius 1 is 0.364 bits per heavy atom. The summed E-state index contributed by atoms with van der Waals surface area (Å²) in [6, 6.07) is 38.6. The van der Waals surface area contributed by atoms with Crippen molar-refractivity contribution < 1.29 is 0 Å². The zero-order valence-electron chi connectivity index (χ0n) is 26.9. The van der Waals surface area contributed by atoms with Crippen LogP contribution in [0.3, 0.4) is 0 Å². The van der Waals surface area contributed by atoms with Gasteiger partial charge in [0.2, 0.25) is 0 Å². The Morgan fingerprint density at radius 2 is 0.682 bits per heavy atom. The van der Waals surface area contributed by atoms with Gasteiger partial charge in [-0.1, -0.05) is 155 Å². The fraction of sp³-hybridized carbons (Fsp3) is 0.455. The zero-order valence-corrected chi connectivity index (χ0v) is 26.9. The van der Waals surface area contributed by atoms with Crippen LogP contribution in [0.4, 0.5) is 0 Å². The summed E-state index contributed by atoms with van der Waals surface area (Å²) in [7, 11) is 0. The molecule has 228 valence electrons. The van der Waals surface area contributed by atoms with Gasteiger partial charge in [0.05, 0.1) is 0 Å². The minimum absolute atomic E-state index is 0.151. The van der Waals surface area contributed by atoms with Gasteiger partial charge in [-0.25, -0.2) is 0 Å². The Labute approximate surface area is 267 Å². The summed E-state index contributed by atoms with van der Waals surface area (Å²) < 4.78 is 0. The summed E-state index contributed by atoms with van der Waals surface area (Å²) >= 11 is 0. The van der Waals surface area contributed by atoms with Crippen LogP contribution < -0.4 is 0 Å². The van der Waals surface area contributed by atoms with Crippen LogP contribution in [-0.2, 0) is 18.3 Å². The van der Waals surface area contributed by atoms with Gasteiger partial charge in [0.25, 0.3) is 0 Å². The van der Waals surface area contributed by atoms with Crippen molar-refractivity contribution >= 4 is 0 Å². The highest BCUT2D eigenvalue weighted by molar-refractivity contribution is 5.43. The third-order valence-corrected chi connectivity index (χ3v) is 11.6. The second kappa shape index (κ2) is 13.9. The van der Waals surface area contributed by atoms with Crippen molar-refractivity contribution in [1.82, 2.24) is 0 Å². The van der Waals surface area contributed by atoms with E-state index in [1.165, 1.54) is 130 Å². The van der Waals surface area contributed by atoms with E-state index in [2.05, 4.69) is 97.1 Å². The van der Waals surface area contributed by atoms with Gasteiger partial charge in [0.15, 0.2) is 0 Å². The number of hydrogen-bond donors (Lipinski definition) is 0. The van der Waals surface area contributed by atoms with E-state index in [0.717, 1.165) is 24.7 Å². The molecular formula is C44H52. The van der Waals surface area contributed by atoms with Crippen LogP contribution in [0.5, 0.6) is 0 Å². The Balaban J connectivity index is 1.03. The van der Waals surface area contributed by atoms with Gasteiger partial charge >= 0.3 is 0 Å². The highest BCUT2D eigenvalue weighted by Crippen LogP contribution is 2.45. The highest BCUT2D eigenvalue weighted by Gasteiger charge is 2.35. The van der Waals surface area contributed by atoms with E-state index in [1.807, 2.05) is 0 Å². The molecule has 3 aliphatic carbocycles. The molecule has 0 aliphatic heterocycles. The summed E-state index contributed by atoms with van der Waals surface area (Å²) in [5.41, 5.74) is 12.0. The van der Waals surface area contributed by atoms with Crippen LogP contribution in [-0.4, -0.2) is 0 Å². The van der Waals surface area contributed by atoms with Crippen LogP contribution in [0, 0.1) is 0 Å². The van der Waals surface area contributed by atoms with Crippen molar-refractivity contribution in [3.8, 4) is 0 Å². The number of rotatable bonds is 8. The Kier molecular flexibility index (Phi) is 9.34. The van der Waals surface area contributed by atoms with Gasteiger partial charge in [-0.15, -0.1) is 0 Å². The molecule has 0 saturated heterocycles. The highest BCUT2D eigenvalue weighted by atomic mass is 14.4. The molecule has 0 unspecified atom stereocenters. The summed E-state index contributed by atoms with van der Waals surface area (Å²) in [4.78, 5) is 0. The van der Waals surface area contributed by atoms with Crippen molar-refractivity contribution in [2.24, 2.45) is 0 Å². The van der Waals surface area contributed by atoms with Crippen LogP contribution in [0.15, 0.2) is 97.1 Å². The van der Waals surface area contributed by atoms with E-state index in [9.17, 15) is 0 Å². The molecule has 0 atom stereocenters. The van der Waals surface area contributed by atoms with E-state index in [-0.39, 0.29) is 5.41 Å². The van der Waals surface area contributed by atoms with Gasteiger partial charge in [-0.3, -0.25) is 0 Å². The molecule has 0 heteroatoms. The molecule has 0 nitrogen and oxygen atoms in total. The van der Waals surface area contributed by atoms with E-state index in [0.29, 0.717) is 0 Å². The smallest absolute Gasteiger partial charge is 0.0202 e. The molecule has 7 rings (SSSR count).